The number of halogens is 2. The summed E-state index contributed by atoms with van der Waals surface area (Å²) in [6.07, 6.45) is 0.311. The number of aldehydes is 1. The van der Waals surface area contributed by atoms with Crippen molar-refractivity contribution in [1.82, 2.24) is 0 Å². The van der Waals surface area contributed by atoms with Gasteiger partial charge in [-0.2, -0.15) is 0 Å². The summed E-state index contributed by atoms with van der Waals surface area (Å²) < 4.78 is 0. The third kappa shape index (κ3) is 2.47. The fraction of sp³-hybridized carbons (Fsp3) is 0.111. The maximum Gasteiger partial charge on any atom is 0.307 e. The molecule has 1 N–H and O–H groups in total. The Morgan fingerprint density at radius 2 is 1.93 bits per heavy atom. The molecule has 0 heterocycles. The second kappa shape index (κ2) is 4.44. The van der Waals surface area contributed by atoms with Crippen molar-refractivity contribution < 1.29 is 14.7 Å². The molecule has 0 aliphatic heterocycles. The molecule has 0 atom stereocenters. The van der Waals surface area contributed by atoms with Gasteiger partial charge >= 0.3 is 5.97 Å². The lowest BCUT2D eigenvalue weighted by Crippen LogP contribution is -2.03. The van der Waals surface area contributed by atoms with E-state index in [2.05, 4.69) is 0 Å². The zero-order valence-electron chi connectivity index (χ0n) is 6.96. The lowest BCUT2D eigenvalue weighted by Gasteiger charge is -2.03. The van der Waals surface area contributed by atoms with Gasteiger partial charge in [-0.05, 0) is 17.7 Å². The van der Waals surface area contributed by atoms with E-state index in [0.717, 1.165) is 0 Å². The molecule has 0 bridgehead atoms. The molecule has 0 saturated carbocycles. The molecule has 5 heteroatoms. The van der Waals surface area contributed by atoms with Crippen LogP contribution in [0.4, 0.5) is 0 Å². The Morgan fingerprint density at radius 3 is 2.43 bits per heavy atom. The average Bonchev–Trinajstić information content (AvgIpc) is 2.10. The fourth-order valence-corrected chi connectivity index (χ4v) is 1.39. The van der Waals surface area contributed by atoms with Gasteiger partial charge in [-0.3, -0.25) is 9.59 Å². The molecule has 1 rings (SSSR count). The third-order valence-corrected chi connectivity index (χ3v) is 2.37. The molecule has 1 aromatic rings. The summed E-state index contributed by atoms with van der Waals surface area (Å²) in [7, 11) is 0. The molecule has 0 aliphatic rings. The first kappa shape index (κ1) is 11.0. The first-order valence-corrected chi connectivity index (χ1v) is 4.45. The van der Waals surface area contributed by atoms with E-state index >= 15 is 0 Å². The maximum atomic E-state index is 10.6. The van der Waals surface area contributed by atoms with Crippen LogP contribution in [0.5, 0.6) is 0 Å². The van der Waals surface area contributed by atoms with Crippen molar-refractivity contribution in [2.45, 2.75) is 6.42 Å². The predicted octanol–water partition coefficient (Wildman–Crippen LogP) is 2.43. The quantitative estimate of drug-likeness (QED) is 0.815. The largest absolute Gasteiger partial charge is 0.481 e. The van der Waals surface area contributed by atoms with E-state index in [0.29, 0.717) is 11.8 Å². The van der Waals surface area contributed by atoms with E-state index < -0.39 is 5.97 Å². The van der Waals surface area contributed by atoms with E-state index in [1.807, 2.05) is 0 Å². The number of rotatable bonds is 3. The van der Waals surface area contributed by atoms with Gasteiger partial charge in [0.05, 0.1) is 16.5 Å². The summed E-state index contributed by atoms with van der Waals surface area (Å²) in [6.45, 7) is 0. The first-order chi connectivity index (χ1) is 6.54. The number of carbonyl (C=O) groups is 2. The van der Waals surface area contributed by atoms with Crippen molar-refractivity contribution in [3.63, 3.8) is 0 Å². The number of aliphatic carboxylic acids is 1. The fourth-order valence-electron chi connectivity index (χ4n) is 1.03. The van der Waals surface area contributed by atoms with Gasteiger partial charge in [-0.1, -0.05) is 23.2 Å². The Balaban J connectivity index is 3.19. The number of carboxylic acid groups (broad SMARTS) is 1. The van der Waals surface area contributed by atoms with Crippen LogP contribution in [0, 0.1) is 0 Å². The summed E-state index contributed by atoms with van der Waals surface area (Å²) in [6, 6.07) is 2.75. The number of hydrogen-bond acceptors (Lipinski definition) is 2. The van der Waals surface area contributed by atoms with Crippen LogP contribution in [0.3, 0.4) is 0 Å². The van der Waals surface area contributed by atoms with Crippen molar-refractivity contribution in [1.29, 1.82) is 0 Å². The van der Waals surface area contributed by atoms with Gasteiger partial charge in [0, 0.05) is 5.56 Å². The maximum absolute atomic E-state index is 10.6. The molecule has 0 unspecified atom stereocenters. The topological polar surface area (TPSA) is 54.4 Å². The van der Waals surface area contributed by atoms with Crippen LogP contribution >= 0.6 is 23.2 Å². The smallest absolute Gasteiger partial charge is 0.307 e. The second-order valence-electron chi connectivity index (χ2n) is 2.65. The number of hydrogen-bond donors (Lipinski definition) is 1. The number of benzene rings is 1. The third-order valence-electron chi connectivity index (χ3n) is 1.65. The molecule has 0 amide bonds. The summed E-state index contributed by atoms with van der Waals surface area (Å²) in [4.78, 5) is 21.0. The SMILES string of the molecule is O=Cc1cc(Cl)c(Cl)cc1CC(=O)O. The molecule has 0 aliphatic carbocycles. The lowest BCUT2D eigenvalue weighted by atomic mass is 10.1. The van der Waals surface area contributed by atoms with Gasteiger partial charge in [0.1, 0.15) is 6.29 Å². The van der Waals surface area contributed by atoms with E-state index in [1.54, 1.807) is 0 Å². The molecule has 74 valence electrons. The molecule has 14 heavy (non-hydrogen) atoms. The Kier molecular flexibility index (Phi) is 3.49. The van der Waals surface area contributed by atoms with Crippen molar-refractivity contribution in [2.75, 3.05) is 0 Å². The van der Waals surface area contributed by atoms with Gasteiger partial charge in [-0.15, -0.1) is 0 Å². The molecule has 1 aromatic carbocycles. The minimum absolute atomic E-state index is 0.239. The molecule has 0 spiro atoms. The van der Waals surface area contributed by atoms with Crippen LogP contribution in [-0.4, -0.2) is 17.4 Å². The molecular weight excluding hydrogens is 227 g/mol. The highest BCUT2D eigenvalue weighted by atomic mass is 35.5. The van der Waals surface area contributed by atoms with Crippen LogP contribution in [0.15, 0.2) is 12.1 Å². The molecule has 0 aromatic heterocycles. The Bertz CT molecular complexity index is 388. The molecule has 0 fully saturated rings. The number of carbonyl (C=O) groups excluding carboxylic acids is 1. The van der Waals surface area contributed by atoms with Crippen molar-refractivity contribution in [3.8, 4) is 0 Å². The Morgan fingerprint density at radius 1 is 1.36 bits per heavy atom. The van der Waals surface area contributed by atoms with Crippen LogP contribution in [-0.2, 0) is 11.2 Å². The van der Waals surface area contributed by atoms with Gasteiger partial charge in [0.2, 0.25) is 0 Å². The van der Waals surface area contributed by atoms with E-state index in [9.17, 15) is 9.59 Å². The lowest BCUT2D eigenvalue weighted by molar-refractivity contribution is -0.136. The van der Waals surface area contributed by atoms with Crippen LogP contribution in [0.1, 0.15) is 15.9 Å². The highest BCUT2D eigenvalue weighted by molar-refractivity contribution is 6.42. The standard InChI is InChI=1S/C9H6Cl2O3/c10-7-1-5(3-9(13)14)6(4-12)2-8(7)11/h1-2,4H,3H2,(H,13,14). The molecule has 0 radical (unpaired) electrons. The number of carboxylic acids is 1. The predicted molar refractivity (Wildman–Crippen MR) is 53.2 cm³/mol. The highest BCUT2D eigenvalue weighted by Crippen LogP contribution is 2.25. The second-order valence-corrected chi connectivity index (χ2v) is 3.47. The van der Waals surface area contributed by atoms with Crippen LogP contribution in [0.25, 0.3) is 0 Å². The summed E-state index contributed by atoms with van der Waals surface area (Å²) in [5.74, 6) is -1.02. The monoisotopic (exact) mass is 232 g/mol. The summed E-state index contributed by atoms with van der Waals surface area (Å²) in [5.41, 5.74) is 0.615. The molecule has 0 saturated heterocycles. The molecular formula is C9H6Cl2O3. The van der Waals surface area contributed by atoms with Gasteiger partial charge in [0.25, 0.3) is 0 Å². The van der Waals surface area contributed by atoms with Crippen LogP contribution in [0.2, 0.25) is 10.0 Å². The summed E-state index contributed by atoms with van der Waals surface area (Å²) in [5, 5.41) is 9.04. The van der Waals surface area contributed by atoms with Crippen molar-refractivity contribution >= 4 is 35.5 Å². The summed E-state index contributed by atoms with van der Waals surface area (Å²) >= 11 is 11.3. The van der Waals surface area contributed by atoms with E-state index in [-0.39, 0.29) is 22.0 Å². The Labute approximate surface area is 90.3 Å². The average molecular weight is 233 g/mol. The minimum atomic E-state index is -1.02. The van der Waals surface area contributed by atoms with Crippen molar-refractivity contribution in [2.24, 2.45) is 0 Å². The molecule has 3 nitrogen and oxygen atoms in total. The van der Waals surface area contributed by atoms with Crippen LogP contribution < -0.4 is 0 Å². The first-order valence-electron chi connectivity index (χ1n) is 3.69. The van der Waals surface area contributed by atoms with Crippen molar-refractivity contribution in [3.05, 3.63) is 33.3 Å². The zero-order chi connectivity index (χ0) is 10.7. The van der Waals surface area contributed by atoms with E-state index in [1.165, 1.54) is 12.1 Å². The van der Waals surface area contributed by atoms with Gasteiger partial charge in [0.15, 0.2) is 0 Å². The van der Waals surface area contributed by atoms with Gasteiger partial charge < -0.3 is 5.11 Å². The normalized spacial score (nSPS) is 9.86. The van der Waals surface area contributed by atoms with Gasteiger partial charge in [-0.25, -0.2) is 0 Å². The highest BCUT2D eigenvalue weighted by Gasteiger charge is 2.09. The van der Waals surface area contributed by atoms with E-state index in [4.69, 9.17) is 28.3 Å². The minimum Gasteiger partial charge on any atom is -0.481 e. The Hall–Kier alpha value is -1.06. The zero-order valence-corrected chi connectivity index (χ0v) is 8.47.